The molecule has 1 aliphatic carbocycles. The van der Waals surface area contributed by atoms with E-state index in [2.05, 4.69) is 48.5 Å². The van der Waals surface area contributed by atoms with Crippen LogP contribution in [-0.2, 0) is 0 Å². The number of hydrogen-bond acceptors (Lipinski definition) is 3. The maximum absolute atomic E-state index is 12.1. The SMILES string of the molecule is CCC/C(=C\C(=N)N1CCN(CCN(CCC)CCC2CCC2)CC1)C(C)C.Cc1cc(C)cc(C(F)F)c1. The number of rotatable bonds is 13. The molecule has 0 spiro atoms. The Hall–Kier alpha value is -1.79. The first-order valence-electron chi connectivity index (χ1n) is 15.5. The van der Waals surface area contributed by atoms with Crippen LogP contribution in [0, 0.1) is 31.1 Å². The number of amidine groups is 1. The number of halogens is 2. The fraction of sp³-hybridized carbons (Fsp3) is 0.727. The quantitative estimate of drug-likeness (QED) is 0.200. The zero-order chi connectivity index (χ0) is 28.8. The fourth-order valence-electron chi connectivity index (χ4n) is 5.51. The van der Waals surface area contributed by atoms with Gasteiger partial charge in [-0.25, -0.2) is 8.78 Å². The first-order chi connectivity index (χ1) is 18.6. The summed E-state index contributed by atoms with van der Waals surface area (Å²) in [4.78, 5) is 7.57. The summed E-state index contributed by atoms with van der Waals surface area (Å²) in [5, 5.41) is 8.52. The molecule has 0 aromatic heterocycles. The van der Waals surface area contributed by atoms with E-state index < -0.39 is 6.43 Å². The van der Waals surface area contributed by atoms with E-state index in [0.717, 1.165) is 55.5 Å². The molecule has 222 valence electrons. The van der Waals surface area contributed by atoms with Gasteiger partial charge in [-0.3, -0.25) is 10.3 Å². The average Bonchev–Trinajstić information content (AvgIpc) is 2.86. The molecule has 4 nitrogen and oxygen atoms in total. The topological polar surface area (TPSA) is 33.6 Å². The maximum atomic E-state index is 12.1. The second-order valence-corrected chi connectivity index (χ2v) is 12.0. The number of alkyl halides is 2. The van der Waals surface area contributed by atoms with Gasteiger partial charge in [0, 0.05) is 44.8 Å². The second kappa shape index (κ2) is 17.8. The van der Waals surface area contributed by atoms with Crippen molar-refractivity contribution in [3.63, 3.8) is 0 Å². The van der Waals surface area contributed by atoms with Gasteiger partial charge in [0.15, 0.2) is 0 Å². The molecular weight excluding hydrogens is 490 g/mol. The standard InChI is InChI=1S/C24H46N4.C9H10F2/c1-5-8-23(21(3)4)20-24(25)28-18-16-27(17-19-28)15-14-26(12-6-2)13-11-22-9-7-10-22;1-6-3-7(2)5-8(4-6)9(10)11/h20-22,25H,5-19H2,1-4H3;3-5,9H,1-2H3/b23-20+,25-24?;. The highest BCUT2D eigenvalue weighted by atomic mass is 19.3. The van der Waals surface area contributed by atoms with Crippen molar-refractivity contribution in [2.24, 2.45) is 11.8 Å². The Kier molecular flexibility index (Phi) is 15.3. The molecule has 0 radical (unpaired) electrons. The number of allylic oxidation sites excluding steroid dienone is 1. The number of aryl methyl sites for hydroxylation is 2. The lowest BCUT2D eigenvalue weighted by Crippen LogP contribution is -2.50. The molecule has 1 heterocycles. The largest absolute Gasteiger partial charge is 0.355 e. The van der Waals surface area contributed by atoms with E-state index in [1.54, 1.807) is 0 Å². The van der Waals surface area contributed by atoms with Crippen LogP contribution >= 0.6 is 0 Å². The van der Waals surface area contributed by atoms with Gasteiger partial charge in [-0.2, -0.15) is 0 Å². The Morgan fingerprint density at radius 1 is 0.974 bits per heavy atom. The van der Waals surface area contributed by atoms with E-state index >= 15 is 0 Å². The third-order valence-electron chi connectivity index (χ3n) is 8.16. The van der Waals surface area contributed by atoms with Crippen LogP contribution in [0.4, 0.5) is 8.78 Å². The van der Waals surface area contributed by atoms with Gasteiger partial charge in [0.25, 0.3) is 6.43 Å². The molecule has 1 aliphatic heterocycles. The first-order valence-corrected chi connectivity index (χ1v) is 15.5. The van der Waals surface area contributed by atoms with E-state index in [4.69, 9.17) is 5.41 Å². The Bertz CT molecular complexity index is 850. The van der Waals surface area contributed by atoms with Gasteiger partial charge in [-0.15, -0.1) is 0 Å². The van der Waals surface area contributed by atoms with E-state index in [-0.39, 0.29) is 5.56 Å². The van der Waals surface area contributed by atoms with E-state index in [1.807, 2.05) is 19.9 Å². The van der Waals surface area contributed by atoms with E-state index in [0.29, 0.717) is 5.92 Å². The lowest BCUT2D eigenvalue weighted by Gasteiger charge is -2.37. The molecule has 6 heteroatoms. The van der Waals surface area contributed by atoms with Crippen molar-refractivity contribution >= 4 is 5.84 Å². The lowest BCUT2D eigenvalue weighted by atomic mass is 9.83. The van der Waals surface area contributed by atoms with Crippen LogP contribution in [0.3, 0.4) is 0 Å². The van der Waals surface area contributed by atoms with Crippen molar-refractivity contribution in [1.82, 2.24) is 14.7 Å². The molecule has 1 aromatic rings. The highest BCUT2D eigenvalue weighted by Crippen LogP contribution is 2.29. The number of benzene rings is 1. The van der Waals surface area contributed by atoms with Crippen molar-refractivity contribution in [3.05, 3.63) is 46.5 Å². The summed E-state index contributed by atoms with van der Waals surface area (Å²) in [6.07, 6.45) is 9.16. The van der Waals surface area contributed by atoms with Crippen LogP contribution in [-0.4, -0.2) is 72.9 Å². The number of nitrogens with zero attached hydrogens (tertiary/aromatic N) is 3. The summed E-state index contributed by atoms with van der Waals surface area (Å²) in [7, 11) is 0. The molecule has 0 atom stereocenters. The summed E-state index contributed by atoms with van der Waals surface area (Å²) in [6, 6.07) is 4.90. The second-order valence-electron chi connectivity index (χ2n) is 12.0. The highest BCUT2D eigenvalue weighted by Gasteiger charge is 2.21. The molecule has 2 fully saturated rings. The first kappa shape index (κ1) is 33.4. The third kappa shape index (κ3) is 12.5. The predicted octanol–water partition coefficient (Wildman–Crippen LogP) is 8.11. The normalized spacial score (nSPS) is 17.0. The summed E-state index contributed by atoms with van der Waals surface area (Å²) in [5.74, 6) is 2.29. The van der Waals surface area contributed by atoms with Gasteiger partial charge in [0.1, 0.15) is 5.84 Å². The van der Waals surface area contributed by atoms with Crippen LogP contribution in [0.1, 0.15) is 95.8 Å². The summed E-state index contributed by atoms with van der Waals surface area (Å²) >= 11 is 0. The minimum atomic E-state index is -2.35. The van der Waals surface area contributed by atoms with Crippen LogP contribution in [0.25, 0.3) is 0 Å². The monoisotopic (exact) mass is 546 g/mol. The van der Waals surface area contributed by atoms with Gasteiger partial charge in [-0.05, 0) is 64.1 Å². The van der Waals surface area contributed by atoms with Gasteiger partial charge in [0.05, 0.1) is 0 Å². The highest BCUT2D eigenvalue weighted by molar-refractivity contribution is 5.91. The van der Waals surface area contributed by atoms with Crippen LogP contribution in [0.15, 0.2) is 29.8 Å². The number of piperazine rings is 1. The van der Waals surface area contributed by atoms with Gasteiger partial charge in [-0.1, -0.05) is 88.3 Å². The molecule has 2 aliphatic rings. The molecule has 3 rings (SSSR count). The van der Waals surface area contributed by atoms with Crippen molar-refractivity contribution in [2.45, 2.75) is 92.9 Å². The zero-order valence-corrected chi connectivity index (χ0v) is 25.7. The molecule has 0 bridgehead atoms. The van der Waals surface area contributed by atoms with E-state index in [9.17, 15) is 8.78 Å². The van der Waals surface area contributed by atoms with Crippen LogP contribution in [0.2, 0.25) is 0 Å². The maximum Gasteiger partial charge on any atom is 0.263 e. The predicted molar refractivity (Wildman–Crippen MR) is 163 cm³/mol. The molecule has 1 aromatic carbocycles. The van der Waals surface area contributed by atoms with E-state index in [1.165, 1.54) is 82.4 Å². The average molecular weight is 547 g/mol. The smallest absolute Gasteiger partial charge is 0.263 e. The Labute approximate surface area is 238 Å². The summed E-state index contributed by atoms with van der Waals surface area (Å²) in [6.45, 7) is 21.8. The van der Waals surface area contributed by atoms with Crippen LogP contribution in [0.5, 0.6) is 0 Å². The molecular formula is C33H56F2N4. The number of hydrogen-bond donors (Lipinski definition) is 1. The summed E-state index contributed by atoms with van der Waals surface area (Å²) < 4.78 is 24.3. The molecule has 0 unspecified atom stereocenters. The van der Waals surface area contributed by atoms with Gasteiger partial charge >= 0.3 is 0 Å². The van der Waals surface area contributed by atoms with Gasteiger partial charge in [0.2, 0.25) is 0 Å². The minimum Gasteiger partial charge on any atom is -0.355 e. The molecule has 0 amide bonds. The zero-order valence-electron chi connectivity index (χ0n) is 25.7. The Morgan fingerprint density at radius 3 is 2.10 bits per heavy atom. The molecule has 39 heavy (non-hydrogen) atoms. The lowest BCUT2D eigenvalue weighted by molar-refractivity contribution is 0.146. The van der Waals surface area contributed by atoms with Crippen molar-refractivity contribution in [1.29, 1.82) is 5.41 Å². The van der Waals surface area contributed by atoms with Crippen molar-refractivity contribution < 1.29 is 8.78 Å². The Morgan fingerprint density at radius 2 is 1.62 bits per heavy atom. The third-order valence-corrected chi connectivity index (χ3v) is 8.16. The van der Waals surface area contributed by atoms with Crippen LogP contribution < -0.4 is 0 Å². The minimum absolute atomic E-state index is 0.113. The fourth-order valence-corrected chi connectivity index (χ4v) is 5.51. The summed E-state index contributed by atoms with van der Waals surface area (Å²) in [5.41, 5.74) is 3.32. The van der Waals surface area contributed by atoms with Crippen molar-refractivity contribution in [3.8, 4) is 0 Å². The van der Waals surface area contributed by atoms with Crippen molar-refractivity contribution in [2.75, 3.05) is 52.4 Å². The molecule has 1 saturated heterocycles. The molecule has 1 saturated carbocycles. The number of nitrogens with one attached hydrogen (secondary N) is 1. The Balaban J connectivity index is 0.000000404. The molecule has 1 N–H and O–H groups in total. The van der Waals surface area contributed by atoms with Gasteiger partial charge < -0.3 is 9.80 Å².